The maximum atomic E-state index is 10.3. The number of aliphatic hydroxyl groups excluding tert-OH is 2. The molecular weight excluding hydrogens is 264 g/mol. The normalized spacial score (nSPS) is 30.2. The van der Waals surface area contributed by atoms with Gasteiger partial charge in [-0.15, -0.1) is 0 Å². The van der Waals surface area contributed by atoms with E-state index in [1.807, 2.05) is 24.3 Å². The lowest BCUT2D eigenvalue weighted by atomic mass is 9.84. The summed E-state index contributed by atoms with van der Waals surface area (Å²) in [4.78, 5) is 0. The summed E-state index contributed by atoms with van der Waals surface area (Å²) in [5.41, 5.74) is 1.84. The van der Waals surface area contributed by atoms with Crippen LogP contribution in [0.4, 0.5) is 0 Å². The maximum absolute atomic E-state index is 10.3. The molecule has 2 aliphatic rings. The minimum Gasteiger partial charge on any atom is -0.387 e. The molecule has 3 heteroatoms. The molecule has 4 atom stereocenters. The zero-order valence-corrected chi connectivity index (χ0v) is 11.2. The lowest BCUT2D eigenvalue weighted by Crippen LogP contribution is -2.29. The summed E-state index contributed by atoms with van der Waals surface area (Å²) in [5.74, 6) is 0. The van der Waals surface area contributed by atoms with Crippen LogP contribution >= 0.6 is 0 Å². The summed E-state index contributed by atoms with van der Waals surface area (Å²) in [5, 5.41) is 24.9. The molecule has 0 saturated carbocycles. The van der Waals surface area contributed by atoms with Crippen LogP contribution in [-0.2, 0) is 4.74 Å². The van der Waals surface area contributed by atoms with Crippen LogP contribution in [0.5, 0.6) is 0 Å². The Labute approximate surface area is 121 Å². The fraction of sp³-hybridized carbons (Fsp3) is 0.222. The summed E-state index contributed by atoms with van der Waals surface area (Å²) in [6.07, 6.45) is -2.02. The van der Waals surface area contributed by atoms with Crippen molar-refractivity contribution in [2.24, 2.45) is 0 Å². The van der Waals surface area contributed by atoms with Gasteiger partial charge in [0.1, 0.15) is 24.4 Å². The molecular formula is C18H14O3. The first-order valence-corrected chi connectivity index (χ1v) is 7.21. The van der Waals surface area contributed by atoms with Crippen molar-refractivity contribution in [3.8, 4) is 0 Å². The standard InChI is InChI=1S/C18H14O3/c19-15-12-6-5-11-7-9-3-1-2-4-10(9)8-13(11)14(12)17-18(21-17)16(15)20/h1-8,15-20H/t15?,16?,17-,18-/m0/s1. The lowest BCUT2D eigenvalue weighted by molar-refractivity contribution is 0.000106. The third-order valence-corrected chi connectivity index (χ3v) is 4.75. The van der Waals surface area contributed by atoms with Crippen molar-refractivity contribution in [1.29, 1.82) is 0 Å². The van der Waals surface area contributed by atoms with Crippen molar-refractivity contribution < 1.29 is 14.9 Å². The van der Waals surface area contributed by atoms with Gasteiger partial charge in [-0.25, -0.2) is 0 Å². The minimum atomic E-state index is -0.861. The van der Waals surface area contributed by atoms with Gasteiger partial charge in [0, 0.05) is 0 Å². The van der Waals surface area contributed by atoms with Gasteiger partial charge in [0.25, 0.3) is 0 Å². The van der Waals surface area contributed by atoms with Crippen LogP contribution in [0.1, 0.15) is 23.3 Å². The third kappa shape index (κ3) is 1.48. The fourth-order valence-corrected chi connectivity index (χ4v) is 3.61. The average Bonchev–Trinajstić information content (AvgIpc) is 3.30. The Morgan fingerprint density at radius 1 is 0.857 bits per heavy atom. The molecule has 0 bridgehead atoms. The summed E-state index contributed by atoms with van der Waals surface area (Å²) in [7, 11) is 0. The van der Waals surface area contributed by atoms with Crippen LogP contribution in [0.2, 0.25) is 0 Å². The third-order valence-electron chi connectivity index (χ3n) is 4.75. The van der Waals surface area contributed by atoms with Crippen LogP contribution < -0.4 is 0 Å². The van der Waals surface area contributed by atoms with Crippen LogP contribution in [0.25, 0.3) is 21.5 Å². The van der Waals surface area contributed by atoms with Gasteiger partial charge in [-0.3, -0.25) is 0 Å². The average molecular weight is 278 g/mol. The molecule has 5 rings (SSSR count). The molecule has 3 aromatic rings. The molecule has 2 unspecified atom stereocenters. The van der Waals surface area contributed by atoms with E-state index in [1.54, 1.807) is 0 Å². The van der Waals surface area contributed by atoms with E-state index in [0.717, 1.165) is 21.9 Å². The predicted molar refractivity (Wildman–Crippen MR) is 80.0 cm³/mol. The van der Waals surface area contributed by atoms with E-state index < -0.39 is 12.2 Å². The van der Waals surface area contributed by atoms with Gasteiger partial charge in [0.05, 0.1) is 0 Å². The minimum absolute atomic E-state index is 0.0803. The van der Waals surface area contributed by atoms with Crippen LogP contribution in [0.3, 0.4) is 0 Å². The SMILES string of the molecule is OC1c2ccc3cc4ccccc4cc3c2[C@@H]2O[C@H]2C1O. The Morgan fingerprint density at radius 3 is 2.43 bits per heavy atom. The number of benzene rings is 3. The molecule has 0 radical (unpaired) electrons. The second-order valence-corrected chi connectivity index (χ2v) is 5.95. The molecule has 1 aliphatic carbocycles. The highest BCUT2D eigenvalue weighted by molar-refractivity contribution is 6.00. The number of hydrogen-bond donors (Lipinski definition) is 2. The zero-order valence-electron chi connectivity index (χ0n) is 11.2. The van der Waals surface area contributed by atoms with Crippen LogP contribution in [-0.4, -0.2) is 22.4 Å². The van der Waals surface area contributed by atoms with Crippen LogP contribution in [0.15, 0.2) is 48.5 Å². The Morgan fingerprint density at radius 2 is 1.62 bits per heavy atom. The largest absolute Gasteiger partial charge is 0.387 e. The van der Waals surface area contributed by atoms with E-state index in [2.05, 4.69) is 24.3 Å². The number of aliphatic hydroxyl groups is 2. The molecule has 21 heavy (non-hydrogen) atoms. The predicted octanol–water partition coefficient (Wildman–Crippen LogP) is 2.84. The number of fused-ring (bicyclic) bond motifs is 6. The quantitative estimate of drug-likeness (QED) is 0.491. The highest BCUT2D eigenvalue weighted by Gasteiger charge is 2.54. The topological polar surface area (TPSA) is 53.0 Å². The highest BCUT2D eigenvalue weighted by Crippen LogP contribution is 2.53. The molecule has 1 fully saturated rings. The molecule has 2 N–H and O–H groups in total. The first-order valence-electron chi connectivity index (χ1n) is 7.21. The molecule has 0 spiro atoms. The summed E-state index contributed by atoms with van der Waals surface area (Å²) in [6.45, 7) is 0. The van der Waals surface area contributed by atoms with E-state index in [-0.39, 0.29) is 12.2 Å². The van der Waals surface area contributed by atoms with Crippen molar-refractivity contribution in [1.82, 2.24) is 0 Å². The molecule has 1 heterocycles. The Kier molecular flexibility index (Phi) is 2.13. The molecule has 3 nitrogen and oxygen atoms in total. The van der Waals surface area contributed by atoms with Crippen molar-refractivity contribution in [2.75, 3.05) is 0 Å². The monoisotopic (exact) mass is 278 g/mol. The van der Waals surface area contributed by atoms with Crippen molar-refractivity contribution in [2.45, 2.75) is 24.4 Å². The lowest BCUT2D eigenvalue weighted by Gasteiger charge is -2.24. The number of hydrogen-bond acceptors (Lipinski definition) is 3. The summed E-state index contributed by atoms with van der Waals surface area (Å²) < 4.78 is 5.60. The zero-order chi connectivity index (χ0) is 14.1. The Balaban J connectivity index is 1.87. The van der Waals surface area contributed by atoms with Crippen LogP contribution in [0, 0.1) is 0 Å². The van der Waals surface area contributed by atoms with Gasteiger partial charge in [-0.1, -0.05) is 36.4 Å². The first kappa shape index (κ1) is 11.7. The first-order chi connectivity index (χ1) is 10.2. The fourth-order valence-electron chi connectivity index (χ4n) is 3.61. The van der Waals surface area contributed by atoms with Gasteiger partial charge >= 0.3 is 0 Å². The second kappa shape index (κ2) is 3.83. The van der Waals surface area contributed by atoms with Crippen molar-refractivity contribution in [3.63, 3.8) is 0 Å². The summed E-state index contributed by atoms with van der Waals surface area (Å²) in [6, 6.07) is 16.5. The molecule has 1 aliphatic heterocycles. The van der Waals surface area contributed by atoms with E-state index in [0.29, 0.717) is 0 Å². The molecule has 0 aromatic heterocycles. The smallest absolute Gasteiger partial charge is 0.118 e. The van der Waals surface area contributed by atoms with Gasteiger partial charge < -0.3 is 14.9 Å². The maximum Gasteiger partial charge on any atom is 0.118 e. The van der Waals surface area contributed by atoms with Gasteiger partial charge in [0.2, 0.25) is 0 Å². The van der Waals surface area contributed by atoms with E-state index in [1.165, 1.54) is 10.8 Å². The molecule has 0 amide bonds. The molecule has 3 aromatic carbocycles. The van der Waals surface area contributed by atoms with E-state index in [9.17, 15) is 10.2 Å². The summed E-state index contributed by atoms with van der Waals surface area (Å²) >= 11 is 0. The molecule has 1 saturated heterocycles. The Hall–Kier alpha value is -1.94. The van der Waals surface area contributed by atoms with Gasteiger partial charge in [-0.2, -0.15) is 0 Å². The van der Waals surface area contributed by atoms with Gasteiger partial charge in [-0.05, 0) is 44.8 Å². The Bertz CT molecular complexity index is 886. The highest BCUT2D eigenvalue weighted by atomic mass is 16.6. The molecule has 104 valence electrons. The van der Waals surface area contributed by atoms with Crippen molar-refractivity contribution >= 4 is 21.5 Å². The van der Waals surface area contributed by atoms with Crippen molar-refractivity contribution in [3.05, 3.63) is 59.7 Å². The van der Waals surface area contributed by atoms with E-state index >= 15 is 0 Å². The second-order valence-electron chi connectivity index (χ2n) is 5.95. The number of epoxide rings is 1. The number of rotatable bonds is 0. The number of ether oxygens (including phenoxy) is 1. The van der Waals surface area contributed by atoms with E-state index in [4.69, 9.17) is 4.74 Å². The van der Waals surface area contributed by atoms with Gasteiger partial charge in [0.15, 0.2) is 0 Å².